The minimum absolute atomic E-state index is 0.105. The molecule has 1 amide bonds. The Labute approximate surface area is 188 Å². The Bertz CT molecular complexity index is 1290. The largest absolute Gasteiger partial charge is 0.490 e. The molecule has 7 heteroatoms. The van der Waals surface area contributed by atoms with Gasteiger partial charge in [-0.1, -0.05) is 48.5 Å². The lowest BCUT2D eigenvalue weighted by atomic mass is 9.93. The van der Waals surface area contributed by atoms with Crippen LogP contribution in [0.4, 0.5) is 11.4 Å². The van der Waals surface area contributed by atoms with Crippen LogP contribution in [-0.4, -0.2) is 27.5 Å². The third-order valence-electron chi connectivity index (χ3n) is 5.47. The molecule has 0 bridgehead atoms. The number of ether oxygens (including phenoxy) is 1. The molecule has 4 rings (SSSR count). The van der Waals surface area contributed by atoms with Crippen molar-refractivity contribution in [2.24, 2.45) is 5.41 Å². The van der Waals surface area contributed by atoms with Gasteiger partial charge in [-0.25, -0.2) is 8.42 Å². The third kappa shape index (κ3) is 4.34. The molecule has 1 aliphatic heterocycles. The quantitative estimate of drug-likeness (QED) is 0.552. The molecule has 0 aromatic heterocycles. The number of benzene rings is 3. The monoisotopic (exact) mass is 450 g/mol. The fourth-order valence-electron chi connectivity index (χ4n) is 3.86. The molecule has 1 aliphatic rings. The highest BCUT2D eigenvalue weighted by Crippen LogP contribution is 2.38. The topological polar surface area (TPSA) is 75.7 Å². The SMILES string of the molecule is C=CCN1C(=O)C(C)(C)COc2ccc(NS(=O)(=O)Cc3cccc4ccccc34)cc21. The normalized spacial score (nSPS) is 15.6. The van der Waals surface area contributed by atoms with Crippen molar-refractivity contribution in [1.82, 2.24) is 0 Å². The van der Waals surface area contributed by atoms with Crippen LogP contribution >= 0.6 is 0 Å². The highest BCUT2D eigenvalue weighted by Gasteiger charge is 2.37. The number of amides is 1. The van der Waals surface area contributed by atoms with E-state index in [9.17, 15) is 13.2 Å². The third-order valence-corrected chi connectivity index (χ3v) is 6.71. The number of hydrogen-bond acceptors (Lipinski definition) is 4. The molecular formula is C25H26N2O4S. The Hall–Kier alpha value is -3.32. The van der Waals surface area contributed by atoms with E-state index >= 15 is 0 Å². The molecule has 0 saturated carbocycles. The molecule has 3 aromatic carbocycles. The predicted octanol–water partition coefficient (Wildman–Crippen LogP) is 4.72. The molecule has 1 heterocycles. The molecule has 0 radical (unpaired) electrons. The Kier molecular flexibility index (Phi) is 5.69. The van der Waals surface area contributed by atoms with Gasteiger partial charge in [0.1, 0.15) is 12.4 Å². The number of nitrogens with one attached hydrogen (secondary N) is 1. The van der Waals surface area contributed by atoms with Crippen molar-refractivity contribution in [3.8, 4) is 5.75 Å². The molecule has 0 atom stereocenters. The Morgan fingerprint density at radius 1 is 1.12 bits per heavy atom. The van der Waals surface area contributed by atoms with E-state index in [1.54, 1.807) is 29.2 Å². The number of rotatable bonds is 6. The zero-order valence-corrected chi connectivity index (χ0v) is 19.0. The van der Waals surface area contributed by atoms with Crippen molar-refractivity contribution in [2.75, 3.05) is 22.8 Å². The second-order valence-corrected chi connectivity index (χ2v) is 10.3. The summed E-state index contributed by atoms with van der Waals surface area (Å²) in [6.07, 6.45) is 1.64. The van der Waals surface area contributed by atoms with Crippen molar-refractivity contribution in [1.29, 1.82) is 0 Å². The molecule has 0 aliphatic carbocycles. The van der Waals surface area contributed by atoms with Crippen LogP contribution < -0.4 is 14.4 Å². The summed E-state index contributed by atoms with van der Waals surface area (Å²) < 4.78 is 34.5. The fraction of sp³-hybridized carbons (Fsp3) is 0.240. The molecule has 32 heavy (non-hydrogen) atoms. The van der Waals surface area contributed by atoms with Crippen LogP contribution in [-0.2, 0) is 20.6 Å². The van der Waals surface area contributed by atoms with Gasteiger partial charge in [0.2, 0.25) is 15.9 Å². The van der Waals surface area contributed by atoms with E-state index in [1.807, 2.05) is 56.3 Å². The van der Waals surface area contributed by atoms with Crippen molar-refractivity contribution in [3.63, 3.8) is 0 Å². The Balaban J connectivity index is 1.65. The van der Waals surface area contributed by atoms with Gasteiger partial charge in [-0.05, 0) is 48.4 Å². The van der Waals surface area contributed by atoms with Crippen LogP contribution in [0.2, 0.25) is 0 Å². The number of fused-ring (bicyclic) bond motifs is 2. The minimum atomic E-state index is -3.70. The first-order valence-electron chi connectivity index (χ1n) is 10.4. The summed E-state index contributed by atoms with van der Waals surface area (Å²) in [6, 6.07) is 18.3. The van der Waals surface area contributed by atoms with Gasteiger partial charge in [0, 0.05) is 6.54 Å². The number of anilines is 2. The summed E-state index contributed by atoms with van der Waals surface area (Å²) in [4.78, 5) is 14.6. The van der Waals surface area contributed by atoms with Gasteiger partial charge in [0.25, 0.3) is 0 Å². The number of hydrogen-bond donors (Lipinski definition) is 1. The molecule has 0 fully saturated rings. The molecule has 0 unspecified atom stereocenters. The first kappa shape index (κ1) is 21.9. The lowest BCUT2D eigenvalue weighted by Crippen LogP contribution is -2.42. The maximum atomic E-state index is 13.0. The van der Waals surface area contributed by atoms with Crippen LogP contribution in [0, 0.1) is 5.41 Å². The Morgan fingerprint density at radius 3 is 2.66 bits per heavy atom. The molecule has 166 valence electrons. The summed E-state index contributed by atoms with van der Waals surface area (Å²) in [5, 5.41) is 1.89. The van der Waals surface area contributed by atoms with Gasteiger partial charge < -0.3 is 9.64 Å². The highest BCUT2D eigenvalue weighted by molar-refractivity contribution is 7.91. The predicted molar refractivity (Wildman–Crippen MR) is 128 cm³/mol. The van der Waals surface area contributed by atoms with E-state index in [0.717, 1.165) is 16.3 Å². The summed E-state index contributed by atoms with van der Waals surface area (Å²) in [6.45, 7) is 7.93. The molecular weight excluding hydrogens is 424 g/mol. The lowest BCUT2D eigenvalue weighted by Gasteiger charge is -2.27. The van der Waals surface area contributed by atoms with Crippen LogP contribution in [0.15, 0.2) is 73.3 Å². The van der Waals surface area contributed by atoms with Gasteiger partial charge in [-0.15, -0.1) is 6.58 Å². The molecule has 6 nitrogen and oxygen atoms in total. The smallest absolute Gasteiger partial charge is 0.236 e. The van der Waals surface area contributed by atoms with Crippen molar-refractivity contribution in [2.45, 2.75) is 19.6 Å². The summed E-state index contributed by atoms with van der Waals surface area (Å²) in [5.74, 6) is 0.263. The maximum absolute atomic E-state index is 13.0. The van der Waals surface area contributed by atoms with Gasteiger partial charge in [-0.3, -0.25) is 9.52 Å². The average Bonchev–Trinajstić information content (AvgIpc) is 2.84. The number of carbonyl (C=O) groups is 1. The number of sulfonamides is 1. The summed E-state index contributed by atoms with van der Waals surface area (Å²) in [5.41, 5.74) is 0.898. The molecule has 3 aromatic rings. The number of nitrogens with zero attached hydrogens (tertiary/aromatic N) is 1. The van der Waals surface area contributed by atoms with Crippen molar-refractivity contribution in [3.05, 3.63) is 78.9 Å². The van der Waals surface area contributed by atoms with E-state index in [2.05, 4.69) is 11.3 Å². The molecule has 1 N–H and O–H groups in total. The van der Waals surface area contributed by atoms with E-state index < -0.39 is 15.4 Å². The van der Waals surface area contributed by atoms with E-state index in [1.165, 1.54) is 0 Å². The van der Waals surface area contributed by atoms with Gasteiger partial charge >= 0.3 is 0 Å². The second kappa shape index (κ2) is 8.31. The highest BCUT2D eigenvalue weighted by atomic mass is 32.2. The summed E-state index contributed by atoms with van der Waals surface area (Å²) in [7, 11) is -3.70. The minimum Gasteiger partial charge on any atom is -0.490 e. The average molecular weight is 451 g/mol. The van der Waals surface area contributed by atoms with E-state index in [-0.39, 0.29) is 18.3 Å². The van der Waals surface area contributed by atoms with Crippen LogP contribution in [0.3, 0.4) is 0 Å². The van der Waals surface area contributed by atoms with Gasteiger partial charge in [0.05, 0.1) is 22.5 Å². The molecule has 0 spiro atoms. The van der Waals surface area contributed by atoms with Crippen molar-refractivity contribution < 1.29 is 17.9 Å². The zero-order valence-electron chi connectivity index (χ0n) is 18.2. The fourth-order valence-corrected chi connectivity index (χ4v) is 5.08. The van der Waals surface area contributed by atoms with Gasteiger partial charge in [-0.2, -0.15) is 0 Å². The zero-order chi connectivity index (χ0) is 22.9. The first-order chi connectivity index (χ1) is 15.2. The number of carbonyl (C=O) groups excluding carboxylic acids is 1. The van der Waals surface area contributed by atoms with Crippen molar-refractivity contribution >= 4 is 38.1 Å². The van der Waals surface area contributed by atoms with E-state index in [0.29, 0.717) is 23.7 Å². The first-order valence-corrected chi connectivity index (χ1v) is 12.0. The molecule has 0 saturated heterocycles. The van der Waals surface area contributed by atoms with Crippen LogP contribution in [0.25, 0.3) is 10.8 Å². The second-order valence-electron chi connectivity index (χ2n) is 8.56. The van der Waals surface area contributed by atoms with Crippen LogP contribution in [0.1, 0.15) is 19.4 Å². The van der Waals surface area contributed by atoms with Crippen LogP contribution in [0.5, 0.6) is 5.75 Å². The summed E-state index contributed by atoms with van der Waals surface area (Å²) >= 11 is 0. The van der Waals surface area contributed by atoms with Gasteiger partial charge in [0.15, 0.2) is 0 Å². The van der Waals surface area contributed by atoms with E-state index in [4.69, 9.17) is 4.74 Å². The maximum Gasteiger partial charge on any atom is 0.236 e. The standard InChI is InChI=1S/C25H26N2O4S/c1-4-14-27-22-15-20(12-13-23(22)31-17-25(2,3)24(27)28)26-32(29,30)16-19-10-7-9-18-8-5-6-11-21(18)19/h4-13,15,26H,1,14,16-17H2,2-3H3. The lowest BCUT2D eigenvalue weighted by molar-refractivity contribution is -0.127. The Morgan fingerprint density at radius 2 is 1.88 bits per heavy atom.